The number of rotatable bonds is 23. The van der Waals surface area contributed by atoms with Crippen molar-refractivity contribution in [3.8, 4) is 0 Å². The first-order valence-corrected chi connectivity index (χ1v) is 18.9. The molecule has 2 rings (SSSR count). The second-order valence-electron chi connectivity index (χ2n) is 14.1. The van der Waals surface area contributed by atoms with Gasteiger partial charge in [-0.2, -0.15) is 0 Å². The highest BCUT2D eigenvalue weighted by Gasteiger charge is 2.28. The summed E-state index contributed by atoms with van der Waals surface area (Å²) in [6.45, 7) is 20.4. The molecule has 0 amide bonds. The van der Waals surface area contributed by atoms with Crippen LogP contribution in [0.1, 0.15) is 165 Å². The molecule has 0 saturated carbocycles. The third-order valence-corrected chi connectivity index (χ3v) is 9.71. The molecule has 0 atom stereocenters. The first kappa shape index (κ1) is 43.6. The third kappa shape index (κ3) is 15.4. The lowest BCUT2D eigenvalue weighted by Crippen LogP contribution is -2.20. The number of ether oxygens (including phenoxy) is 2. The molecule has 272 valence electrons. The fraction of sp³-hybridized carbons (Fsp3) is 0.714. The molecular formula is C42H68O6. The second kappa shape index (κ2) is 24.7. The van der Waals surface area contributed by atoms with Crippen LogP contribution in [0.3, 0.4) is 0 Å². The van der Waals surface area contributed by atoms with Crippen LogP contribution in [0.5, 0.6) is 0 Å². The molecule has 0 saturated heterocycles. The van der Waals surface area contributed by atoms with E-state index in [2.05, 4.69) is 13.8 Å². The molecule has 0 heterocycles. The molecule has 0 spiro atoms. The number of hydrogen-bond acceptors (Lipinski definition) is 6. The number of carbonyl (C=O) groups excluding carboxylic acids is 4. The smallest absolute Gasteiger partial charge is 0.185 e. The Morgan fingerprint density at radius 3 is 1.08 bits per heavy atom. The summed E-state index contributed by atoms with van der Waals surface area (Å²) in [5.74, 6) is 0.878. The van der Waals surface area contributed by atoms with Crippen molar-refractivity contribution in [2.45, 2.75) is 165 Å². The van der Waals surface area contributed by atoms with Crippen molar-refractivity contribution in [2.75, 3.05) is 26.4 Å². The highest BCUT2D eigenvalue weighted by molar-refractivity contribution is 6.25. The minimum absolute atomic E-state index is 0.0445. The molecule has 6 heteroatoms. The molecule has 0 aromatic carbocycles. The summed E-state index contributed by atoms with van der Waals surface area (Å²) in [4.78, 5) is 48.9. The van der Waals surface area contributed by atoms with Gasteiger partial charge in [-0.3, -0.25) is 19.2 Å². The molecule has 0 N–H and O–H groups in total. The van der Waals surface area contributed by atoms with E-state index >= 15 is 0 Å². The first-order valence-electron chi connectivity index (χ1n) is 18.9. The van der Waals surface area contributed by atoms with E-state index in [0.717, 1.165) is 82.5 Å². The lowest BCUT2D eigenvalue weighted by Gasteiger charge is -2.18. The quantitative estimate of drug-likeness (QED) is 0.0795. The molecule has 0 bridgehead atoms. The molecule has 0 unspecified atom stereocenters. The zero-order chi connectivity index (χ0) is 36.1. The zero-order valence-corrected chi connectivity index (χ0v) is 32.2. The van der Waals surface area contributed by atoms with E-state index in [0.29, 0.717) is 39.4 Å². The molecular weight excluding hydrogens is 600 g/mol. The fourth-order valence-corrected chi connectivity index (χ4v) is 6.16. The summed E-state index contributed by atoms with van der Waals surface area (Å²) in [6.07, 6.45) is 17.9. The zero-order valence-electron chi connectivity index (χ0n) is 32.2. The van der Waals surface area contributed by atoms with Gasteiger partial charge >= 0.3 is 0 Å². The molecule has 0 aromatic heterocycles. The molecule has 48 heavy (non-hydrogen) atoms. The molecule has 6 nitrogen and oxygen atoms in total. The van der Waals surface area contributed by atoms with Crippen LogP contribution in [0, 0.1) is 5.92 Å². The van der Waals surface area contributed by atoms with Gasteiger partial charge in [-0.25, -0.2) is 0 Å². The number of carbonyl (C=O) groups is 4. The average molecular weight is 669 g/mol. The molecule has 2 aliphatic carbocycles. The van der Waals surface area contributed by atoms with Crippen LogP contribution in [-0.4, -0.2) is 49.6 Å². The Kier molecular flexibility index (Phi) is 22.4. The SMILES string of the molecule is CC1=C(C)C(=O)C(CCCCCCCCCCOCC(C)C)=C(C)C1=O.CCOCCCCCCCCC1=C(C)C(=O)C(C)=C(C)C1=O. The van der Waals surface area contributed by atoms with Crippen LogP contribution in [-0.2, 0) is 28.7 Å². The van der Waals surface area contributed by atoms with Crippen LogP contribution >= 0.6 is 0 Å². The van der Waals surface area contributed by atoms with E-state index in [4.69, 9.17) is 9.47 Å². The molecule has 0 aromatic rings. The van der Waals surface area contributed by atoms with E-state index in [1.807, 2.05) is 6.92 Å². The Bertz CT molecular complexity index is 1190. The van der Waals surface area contributed by atoms with Crippen molar-refractivity contribution in [2.24, 2.45) is 5.92 Å². The maximum Gasteiger partial charge on any atom is 0.185 e. The number of Topliss-reactive ketones (excluding diaryl/α,β-unsaturated/α-hetero) is 4. The Morgan fingerprint density at radius 1 is 0.417 bits per heavy atom. The summed E-state index contributed by atoms with van der Waals surface area (Å²) in [7, 11) is 0. The number of ketones is 4. The van der Waals surface area contributed by atoms with Crippen molar-refractivity contribution in [1.82, 2.24) is 0 Å². The molecule has 0 aliphatic heterocycles. The Morgan fingerprint density at radius 2 is 0.729 bits per heavy atom. The minimum atomic E-state index is 0.0445. The summed E-state index contributed by atoms with van der Waals surface area (Å²) < 4.78 is 10.9. The summed E-state index contributed by atoms with van der Waals surface area (Å²) >= 11 is 0. The maximum absolute atomic E-state index is 12.4. The number of hydrogen-bond donors (Lipinski definition) is 0. The summed E-state index contributed by atoms with van der Waals surface area (Å²) in [5.41, 5.74) is 5.30. The predicted molar refractivity (Wildman–Crippen MR) is 198 cm³/mol. The van der Waals surface area contributed by atoms with Gasteiger partial charge in [0.05, 0.1) is 0 Å². The third-order valence-electron chi connectivity index (χ3n) is 9.71. The monoisotopic (exact) mass is 669 g/mol. The normalized spacial score (nSPS) is 15.8. The van der Waals surface area contributed by atoms with E-state index < -0.39 is 0 Å². The lowest BCUT2D eigenvalue weighted by atomic mass is 9.84. The van der Waals surface area contributed by atoms with E-state index in [1.54, 1.807) is 41.5 Å². The molecule has 0 radical (unpaired) electrons. The van der Waals surface area contributed by atoms with Gasteiger partial charge in [0.15, 0.2) is 23.1 Å². The van der Waals surface area contributed by atoms with Gasteiger partial charge < -0.3 is 9.47 Å². The largest absolute Gasteiger partial charge is 0.382 e. The van der Waals surface area contributed by atoms with Crippen LogP contribution in [0.25, 0.3) is 0 Å². The Hall–Kier alpha value is -2.44. The molecule has 0 fully saturated rings. The Labute approximate surface area is 293 Å². The standard InChI is InChI=1S/C23H38O3.C19H30O3/c1-17(2)16-26-15-13-11-9-7-6-8-10-12-14-21-20(5)22(24)18(3)19(4)23(21)25;1-5-22-13-11-9-7-6-8-10-12-17-16(4)18(20)14(2)15(3)19(17)21/h17H,6-16H2,1-5H3;5-13H2,1-4H3. The van der Waals surface area contributed by atoms with Gasteiger partial charge in [0, 0.05) is 71.0 Å². The van der Waals surface area contributed by atoms with Gasteiger partial charge in [0.25, 0.3) is 0 Å². The van der Waals surface area contributed by atoms with Crippen molar-refractivity contribution < 1.29 is 28.7 Å². The Balaban J connectivity index is 0.000000487. The second-order valence-corrected chi connectivity index (χ2v) is 14.1. The number of unbranched alkanes of at least 4 members (excludes halogenated alkanes) is 12. The van der Waals surface area contributed by atoms with Gasteiger partial charge in [-0.1, -0.05) is 78.1 Å². The first-order chi connectivity index (χ1) is 22.9. The number of allylic oxidation sites excluding steroid dienone is 8. The highest BCUT2D eigenvalue weighted by atomic mass is 16.5. The van der Waals surface area contributed by atoms with Gasteiger partial charge in [-0.05, 0) is 92.9 Å². The maximum atomic E-state index is 12.4. The van der Waals surface area contributed by atoms with Gasteiger partial charge in [0.1, 0.15) is 0 Å². The van der Waals surface area contributed by atoms with E-state index in [-0.39, 0.29) is 23.1 Å². The minimum Gasteiger partial charge on any atom is -0.382 e. The summed E-state index contributed by atoms with van der Waals surface area (Å²) in [5, 5.41) is 0. The van der Waals surface area contributed by atoms with Crippen LogP contribution < -0.4 is 0 Å². The predicted octanol–water partition coefficient (Wildman–Crippen LogP) is 10.5. The van der Waals surface area contributed by atoms with Crippen LogP contribution in [0.2, 0.25) is 0 Å². The van der Waals surface area contributed by atoms with Crippen molar-refractivity contribution >= 4 is 23.1 Å². The average Bonchev–Trinajstić information content (AvgIpc) is 3.07. The van der Waals surface area contributed by atoms with Gasteiger partial charge in [0.2, 0.25) is 0 Å². The van der Waals surface area contributed by atoms with Gasteiger partial charge in [-0.15, -0.1) is 0 Å². The highest BCUT2D eigenvalue weighted by Crippen LogP contribution is 2.29. The lowest BCUT2D eigenvalue weighted by molar-refractivity contribution is -0.116. The fourth-order valence-electron chi connectivity index (χ4n) is 6.16. The summed E-state index contributed by atoms with van der Waals surface area (Å²) in [6, 6.07) is 0. The van der Waals surface area contributed by atoms with Crippen molar-refractivity contribution in [3.63, 3.8) is 0 Å². The van der Waals surface area contributed by atoms with Crippen LogP contribution in [0.4, 0.5) is 0 Å². The van der Waals surface area contributed by atoms with Crippen molar-refractivity contribution in [3.05, 3.63) is 44.6 Å². The van der Waals surface area contributed by atoms with E-state index in [9.17, 15) is 19.2 Å². The van der Waals surface area contributed by atoms with Crippen LogP contribution in [0.15, 0.2) is 44.6 Å². The van der Waals surface area contributed by atoms with E-state index in [1.165, 1.54) is 57.8 Å². The topological polar surface area (TPSA) is 86.7 Å². The van der Waals surface area contributed by atoms with Crippen molar-refractivity contribution in [1.29, 1.82) is 0 Å². The molecule has 2 aliphatic rings.